The molecule has 1 saturated carbocycles. The molecule has 1 aliphatic carbocycles. The Hall–Kier alpha value is -2.10. The molecule has 4 nitrogen and oxygen atoms in total. The van der Waals surface area contributed by atoms with Gasteiger partial charge in [0.05, 0.1) is 0 Å². The molecule has 1 aromatic heterocycles. The summed E-state index contributed by atoms with van der Waals surface area (Å²) in [5, 5.41) is 0. The van der Waals surface area contributed by atoms with E-state index in [2.05, 4.69) is 20.9 Å². The third-order valence-corrected chi connectivity index (χ3v) is 3.10. The third-order valence-electron chi connectivity index (χ3n) is 3.10. The van der Waals surface area contributed by atoms with Crippen molar-refractivity contribution in [2.24, 2.45) is 0 Å². The molecule has 0 atom stereocenters. The number of nitrogens with two attached hydrogens (primary N) is 1. The minimum absolute atomic E-state index is 0.578. The van der Waals surface area contributed by atoms with Crippen LogP contribution in [0.4, 0.5) is 11.6 Å². The van der Waals surface area contributed by atoms with Crippen molar-refractivity contribution >= 4 is 11.6 Å². The summed E-state index contributed by atoms with van der Waals surface area (Å²) in [6.45, 7) is 0.819. The van der Waals surface area contributed by atoms with Gasteiger partial charge < -0.3 is 10.6 Å². The average Bonchev–Trinajstić information content (AvgIpc) is 3.21. The summed E-state index contributed by atoms with van der Waals surface area (Å²) in [6.07, 6.45) is 6.02. The van der Waals surface area contributed by atoms with E-state index in [0.29, 0.717) is 6.04 Å². The molecule has 1 fully saturated rings. The molecule has 0 saturated heterocycles. The summed E-state index contributed by atoms with van der Waals surface area (Å²) in [4.78, 5) is 10.9. The second-order valence-electron chi connectivity index (χ2n) is 4.65. The zero-order chi connectivity index (χ0) is 12.4. The first-order valence-corrected chi connectivity index (χ1v) is 6.21. The van der Waals surface area contributed by atoms with Gasteiger partial charge in [0.1, 0.15) is 0 Å². The van der Waals surface area contributed by atoms with E-state index in [1.54, 1.807) is 12.4 Å². The Morgan fingerprint density at radius 1 is 1.17 bits per heavy atom. The van der Waals surface area contributed by atoms with Crippen LogP contribution in [0.25, 0.3) is 0 Å². The van der Waals surface area contributed by atoms with Gasteiger partial charge in [0.25, 0.3) is 0 Å². The van der Waals surface area contributed by atoms with E-state index in [9.17, 15) is 0 Å². The second-order valence-corrected chi connectivity index (χ2v) is 4.65. The lowest BCUT2D eigenvalue weighted by Crippen LogP contribution is -2.26. The number of benzene rings is 1. The van der Waals surface area contributed by atoms with E-state index in [0.717, 1.165) is 18.2 Å². The minimum atomic E-state index is 0.578. The highest BCUT2D eigenvalue weighted by molar-refractivity contribution is 5.43. The minimum Gasteiger partial charge on any atom is -0.399 e. The van der Waals surface area contributed by atoms with Gasteiger partial charge >= 0.3 is 0 Å². The maximum atomic E-state index is 5.81. The number of nitrogen functional groups attached to an aromatic ring is 1. The van der Waals surface area contributed by atoms with E-state index in [1.165, 1.54) is 18.4 Å². The number of anilines is 2. The van der Waals surface area contributed by atoms with E-state index in [1.807, 2.05) is 24.3 Å². The lowest BCUT2D eigenvalue weighted by atomic mass is 10.2. The summed E-state index contributed by atoms with van der Waals surface area (Å²) < 4.78 is 0. The van der Waals surface area contributed by atoms with Gasteiger partial charge in [0, 0.05) is 30.7 Å². The molecule has 4 heteroatoms. The van der Waals surface area contributed by atoms with Gasteiger partial charge in [-0.25, -0.2) is 9.97 Å². The summed E-state index contributed by atoms with van der Waals surface area (Å²) >= 11 is 0. The van der Waals surface area contributed by atoms with E-state index >= 15 is 0 Å². The van der Waals surface area contributed by atoms with Crippen molar-refractivity contribution in [2.75, 3.05) is 10.6 Å². The molecule has 18 heavy (non-hydrogen) atoms. The van der Waals surface area contributed by atoms with Crippen LogP contribution >= 0.6 is 0 Å². The maximum absolute atomic E-state index is 5.81. The molecule has 2 N–H and O–H groups in total. The van der Waals surface area contributed by atoms with Gasteiger partial charge in [-0.05, 0) is 36.6 Å². The van der Waals surface area contributed by atoms with Crippen molar-refractivity contribution in [1.29, 1.82) is 0 Å². The fraction of sp³-hybridized carbons (Fsp3) is 0.286. The molecule has 3 rings (SSSR count). The van der Waals surface area contributed by atoms with Crippen molar-refractivity contribution < 1.29 is 0 Å². The van der Waals surface area contributed by atoms with Crippen LogP contribution in [-0.2, 0) is 6.54 Å². The molecule has 2 aromatic rings. The van der Waals surface area contributed by atoms with Crippen LogP contribution in [0.3, 0.4) is 0 Å². The van der Waals surface area contributed by atoms with Gasteiger partial charge in [-0.1, -0.05) is 12.1 Å². The number of rotatable bonds is 4. The first-order chi connectivity index (χ1) is 8.83. The molecule has 0 bridgehead atoms. The van der Waals surface area contributed by atoms with Gasteiger partial charge in [-0.2, -0.15) is 0 Å². The molecular weight excluding hydrogens is 224 g/mol. The molecular formula is C14H16N4. The molecule has 92 valence electrons. The topological polar surface area (TPSA) is 55.0 Å². The first kappa shape index (κ1) is 11.0. The Kier molecular flexibility index (Phi) is 2.84. The Balaban J connectivity index is 1.83. The predicted molar refractivity (Wildman–Crippen MR) is 72.1 cm³/mol. The normalized spacial score (nSPS) is 14.4. The van der Waals surface area contributed by atoms with Gasteiger partial charge in [-0.15, -0.1) is 0 Å². The van der Waals surface area contributed by atoms with Crippen LogP contribution < -0.4 is 10.6 Å². The maximum Gasteiger partial charge on any atom is 0.225 e. The molecule has 0 spiro atoms. The Morgan fingerprint density at radius 2 is 1.94 bits per heavy atom. The standard InChI is InChI=1S/C14H16N4/c15-12-4-1-3-11(9-12)10-18(13-5-6-13)14-16-7-2-8-17-14/h1-4,7-9,13H,5-6,10,15H2. The summed E-state index contributed by atoms with van der Waals surface area (Å²) in [6, 6.07) is 10.4. The van der Waals surface area contributed by atoms with Crippen molar-refractivity contribution in [2.45, 2.75) is 25.4 Å². The zero-order valence-electron chi connectivity index (χ0n) is 10.2. The van der Waals surface area contributed by atoms with Crippen LogP contribution in [0.1, 0.15) is 18.4 Å². The van der Waals surface area contributed by atoms with Gasteiger partial charge in [0.15, 0.2) is 0 Å². The van der Waals surface area contributed by atoms with Crippen LogP contribution in [-0.4, -0.2) is 16.0 Å². The van der Waals surface area contributed by atoms with Crippen LogP contribution in [0, 0.1) is 0 Å². The number of aromatic nitrogens is 2. The Labute approximate surface area is 106 Å². The average molecular weight is 240 g/mol. The molecule has 1 aromatic carbocycles. The number of nitrogens with zero attached hydrogens (tertiary/aromatic N) is 3. The van der Waals surface area contributed by atoms with E-state index in [4.69, 9.17) is 5.73 Å². The fourth-order valence-electron chi connectivity index (χ4n) is 2.08. The smallest absolute Gasteiger partial charge is 0.225 e. The number of hydrogen-bond donors (Lipinski definition) is 1. The predicted octanol–water partition coefficient (Wildman–Crippen LogP) is 2.23. The summed E-state index contributed by atoms with van der Waals surface area (Å²) in [5.74, 6) is 0.808. The lowest BCUT2D eigenvalue weighted by Gasteiger charge is -2.22. The van der Waals surface area contributed by atoms with E-state index in [-0.39, 0.29) is 0 Å². The highest BCUT2D eigenvalue weighted by Gasteiger charge is 2.30. The van der Waals surface area contributed by atoms with Crippen molar-refractivity contribution in [3.05, 3.63) is 48.3 Å². The molecule has 0 aliphatic heterocycles. The SMILES string of the molecule is Nc1cccc(CN(c2ncccn2)C2CC2)c1. The largest absolute Gasteiger partial charge is 0.399 e. The first-order valence-electron chi connectivity index (χ1n) is 6.21. The van der Waals surface area contributed by atoms with Crippen molar-refractivity contribution in [1.82, 2.24) is 9.97 Å². The summed E-state index contributed by atoms with van der Waals surface area (Å²) in [5.41, 5.74) is 7.82. The zero-order valence-corrected chi connectivity index (χ0v) is 10.2. The van der Waals surface area contributed by atoms with Crippen LogP contribution in [0.5, 0.6) is 0 Å². The Bertz CT molecular complexity index is 522. The van der Waals surface area contributed by atoms with Crippen LogP contribution in [0.2, 0.25) is 0 Å². The molecule has 1 aliphatic rings. The van der Waals surface area contributed by atoms with Crippen LogP contribution in [0.15, 0.2) is 42.7 Å². The molecule has 0 amide bonds. The monoisotopic (exact) mass is 240 g/mol. The van der Waals surface area contributed by atoms with Crippen molar-refractivity contribution in [3.8, 4) is 0 Å². The highest BCUT2D eigenvalue weighted by Crippen LogP contribution is 2.31. The van der Waals surface area contributed by atoms with Crippen molar-refractivity contribution in [3.63, 3.8) is 0 Å². The molecule has 0 radical (unpaired) electrons. The third kappa shape index (κ3) is 2.42. The Morgan fingerprint density at radius 3 is 2.61 bits per heavy atom. The second kappa shape index (κ2) is 4.64. The quantitative estimate of drug-likeness (QED) is 0.833. The van der Waals surface area contributed by atoms with Gasteiger partial charge in [0.2, 0.25) is 5.95 Å². The fourth-order valence-corrected chi connectivity index (χ4v) is 2.08. The molecule has 1 heterocycles. The number of hydrogen-bond acceptors (Lipinski definition) is 4. The highest BCUT2D eigenvalue weighted by atomic mass is 15.3. The summed E-state index contributed by atoms with van der Waals surface area (Å²) in [7, 11) is 0. The van der Waals surface area contributed by atoms with Gasteiger partial charge in [-0.3, -0.25) is 0 Å². The van der Waals surface area contributed by atoms with E-state index < -0.39 is 0 Å². The lowest BCUT2D eigenvalue weighted by molar-refractivity contribution is 0.758. The molecule has 0 unspecified atom stereocenters.